The first-order valence-electron chi connectivity index (χ1n) is 6.56. The lowest BCUT2D eigenvalue weighted by atomic mass is 10.2. The van der Waals surface area contributed by atoms with Gasteiger partial charge in [0.15, 0.2) is 4.96 Å². The number of rotatable bonds is 2. The number of hydrogen-bond acceptors (Lipinski definition) is 5. The second-order valence-corrected chi connectivity index (χ2v) is 5.99. The number of aromatic hydroxyl groups is 1. The Morgan fingerprint density at radius 3 is 2.77 bits per heavy atom. The summed E-state index contributed by atoms with van der Waals surface area (Å²) in [6.07, 6.45) is 1.27. The molecular weight excluding hydrogens is 302 g/mol. The van der Waals surface area contributed by atoms with Gasteiger partial charge < -0.3 is 10.4 Å². The van der Waals surface area contributed by atoms with Crippen molar-refractivity contribution < 1.29 is 9.90 Å². The highest BCUT2D eigenvalue weighted by atomic mass is 32.1. The lowest BCUT2D eigenvalue weighted by Crippen LogP contribution is -2.26. The van der Waals surface area contributed by atoms with E-state index in [1.807, 2.05) is 13.8 Å². The second-order valence-electron chi connectivity index (χ2n) is 4.81. The predicted molar refractivity (Wildman–Crippen MR) is 84.9 cm³/mol. The van der Waals surface area contributed by atoms with Crippen LogP contribution in [0, 0.1) is 13.8 Å². The zero-order chi connectivity index (χ0) is 15.9. The van der Waals surface area contributed by atoms with E-state index >= 15 is 0 Å². The Bertz CT molecular complexity index is 943. The van der Waals surface area contributed by atoms with Crippen molar-refractivity contribution in [3.8, 4) is 5.75 Å². The minimum atomic E-state index is -0.600. The van der Waals surface area contributed by atoms with E-state index in [1.54, 1.807) is 18.2 Å². The highest BCUT2D eigenvalue weighted by Crippen LogP contribution is 2.22. The molecular formula is C15H13N3O3S. The molecule has 0 aliphatic rings. The summed E-state index contributed by atoms with van der Waals surface area (Å²) in [4.78, 5) is 30.5. The van der Waals surface area contributed by atoms with Gasteiger partial charge in [-0.15, -0.1) is 11.3 Å². The topological polar surface area (TPSA) is 83.7 Å². The Morgan fingerprint density at radius 2 is 2.05 bits per heavy atom. The van der Waals surface area contributed by atoms with E-state index in [-0.39, 0.29) is 17.0 Å². The van der Waals surface area contributed by atoms with Crippen LogP contribution in [-0.4, -0.2) is 20.4 Å². The summed E-state index contributed by atoms with van der Waals surface area (Å²) in [6.45, 7) is 3.71. The lowest BCUT2D eigenvalue weighted by molar-refractivity contribution is 0.102. The average molecular weight is 315 g/mol. The number of amides is 1. The number of hydrogen-bond donors (Lipinski definition) is 2. The number of carbonyl (C=O) groups is 1. The highest BCUT2D eigenvalue weighted by Gasteiger charge is 2.17. The summed E-state index contributed by atoms with van der Waals surface area (Å²) in [5.41, 5.74) is 0.534. The van der Waals surface area contributed by atoms with Crippen molar-refractivity contribution in [2.75, 3.05) is 5.32 Å². The van der Waals surface area contributed by atoms with E-state index in [4.69, 9.17) is 0 Å². The standard InChI is InChI=1S/C15H13N3O3S/c1-8-9(2)22-15-16-7-10(14(21)18(8)15)13(20)17-11-5-3-4-6-12(11)19/h3-7,19H,1-2H3,(H,17,20). The Morgan fingerprint density at radius 1 is 1.32 bits per heavy atom. The SMILES string of the molecule is Cc1sc2ncc(C(=O)Nc3ccccc3O)c(=O)n2c1C. The third-order valence-corrected chi connectivity index (χ3v) is 4.49. The molecule has 1 amide bonds. The fourth-order valence-electron chi connectivity index (χ4n) is 2.10. The Hall–Kier alpha value is -2.67. The van der Waals surface area contributed by atoms with Crippen LogP contribution < -0.4 is 10.9 Å². The first kappa shape index (κ1) is 14.3. The van der Waals surface area contributed by atoms with Crippen molar-refractivity contribution in [2.24, 2.45) is 0 Å². The quantitative estimate of drug-likeness (QED) is 0.711. The van der Waals surface area contributed by atoms with E-state index in [0.29, 0.717) is 4.96 Å². The minimum absolute atomic E-state index is 0.0625. The van der Waals surface area contributed by atoms with Crippen LogP contribution >= 0.6 is 11.3 Å². The smallest absolute Gasteiger partial charge is 0.271 e. The zero-order valence-corrected chi connectivity index (χ0v) is 12.8. The molecule has 2 N–H and O–H groups in total. The maximum Gasteiger partial charge on any atom is 0.271 e. The fraction of sp³-hybridized carbons (Fsp3) is 0.133. The zero-order valence-electron chi connectivity index (χ0n) is 12.0. The molecule has 0 aliphatic heterocycles. The number of carbonyl (C=O) groups excluding carboxylic acids is 1. The van der Waals surface area contributed by atoms with Crippen LogP contribution in [0.5, 0.6) is 5.75 Å². The van der Waals surface area contributed by atoms with Crippen LogP contribution in [0.2, 0.25) is 0 Å². The van der Waals surface area contributed by atoms with Crippen LogP contribution in [0.15, 0.2) is 35.3 Å². The number of fused-ring (bicyclic) bond motifs is 1. The van der Waals surface area contributed by atoms with Crippen LogP contribution in [-0.2, 0) is 0 Å². The number of aromatic nitrogens is 2. The molecule has 112 valence electrons. The summed E-state index contributed by atoms with van der Waals surface area (Å²) >= 11 is 1.40. The van der Waals surface area contributed by atoms with Crippen molar-refractivity contribution in [2.45, 2.75) is 13.8 Å². The molecule has 0 spiro atoms. The summed E-state index contributed by atoms with van der Waals surface area (Å²) < 4.78 is 1.43. The van der Waals surface area contributed by atoms with Crippen LogP contribution in [0.4, 0.5) is 5.69 Å². The molecule has 3 rings (SSSR count). The molecule has 0 bridgehead atoms. The van der Waals surface area contributed by atoms with Gasteiger partial charge in [-0.2, -0.15) is 0 Å². The molecule has 0 saturated heterocycles. The number of aryl methyl sites for hydroxylation is 2. The van der Waals surface area contributed by atoms with Gasteiger partial charge >= 0.3 is 0 Å². The third kappa shape index (κ3) is 2.25. The van der Waals surface area contributed by atoms with Gasteiger partial charge in [0.2, 0.25) is 0 Å². The lowest BCUT2D eigenvalue weighted by Gasteiger charge is -2.06. The van der Waals surface area contributed by atoms with E-state index in [9.17, 15) is 14.7 Å². The Kier molecular flexibility index (Phi) is 3.42. The number of nitrogens with one attached hydrogen (secondary N) is 1. The maximum atomic E-state index is 12.5. The maximum absolute atomic E-state index is 12.5. The number of anilines is 1. The monoisotopic (exact) mass is 315 g/mol. The molecule has 3 aromatic rings. The average Bonchev–Trinajstić information content (AvgIpc) is 2.77. The molecule has 0 unspecified atom stereocenters. The van der Waals surface area contributed by atoms with Gasteiger partial charge in [0.05, 0.1) is 5.69 Å². The third-order valence-electron chi connectivity index (χ3n) is 3.42. The molecule has 0 saturated carbocycles. The fourth-order valence-corrected chi connectivity index (χ4v) is 3.03. The molecule has 0 atom stereocenters. The molecule has 0 radical (unpaired) electrons. The molecule has 0 aliphatic carbocycles. The van der Waals surface area contributed by atoms with Crippen molar-refractivity contribution in [1.82, 2.24) is 9.38 Å². The van der Waals surface area contributed by atoms with Gasteiger partial charge in [0.25, 0.3) is 11.5 Å². The van der Waals surface area contributed by atoms with E-state index in [1.165, 1.54) is 28.0 Å². The molecule has 6 nitrogen and oxygen atoms in total. The number of thiazole rings is 1. The molecule has 1 aromatic carbocycles. The number of benzene rings is 1. The summed E-state index contributed by atoms with van der Waals surface area (Å²) in [5, 5.41) is 12.2. The Labute approximate surface area is 129 Å². The molecule has 22 heavy (non-hydrogen) atoms. The second kappa shape index (κ2) is 5.27. The number of phenolic OH excluding ortho intramolecular Hbond substituents is 1. The van der Waals surface area contributed by atoms with Crippen molar-refractivity contribution in [1.29, 1.82) is 0 Å². The predicted octanol–water partition coefficient (Wildman–Crippen LogP) is 2.33. The molecule has 0 fully saturated rings. The Balaban J connectivity index is 2.05. The van der Waals surface area contributed by atoms with E-state index in [2.05, 4.69) is 10.3 Å². The van der Waals surface area contributed by atoms with Gasteiger partial charge in [-0.05, 0) is 26.0 Å². The van der Waals surface area contributed by atoms with Crippen LogP contribution in [0.25, 0.3) is 4.96 Å². The van der Waals surface area contributed by atoms with E-state index in [0.717, 1.165) is 10.6 Å². The number of para-hydroxylation sites is 2. The molecule has 2 heterocycles. The van der Waals surface area contributed by atoms with Gasteiger partial charge in [-0.3, -0.25) is 14.0 Å². The first-order chi connectivity index (χ1) is 10.5. The van der Waals surface area contributed by atoms with Crippen molar-refractivity contribution in [3.63, 3.8) is 0 Å². The largest absolute Gasteiger partial charge is 0.506 e. The normalized spacial score (nSPS) is 10.8. The highest BCUT2D eigenvalue weighted by molar-refractivity contribution is 7.17. The molecule has 7 heteroatoms. The van der Waals surface area contributed by atoms with Gasteiger partial charge in [-0.1, -0.05) is 12.1 Å². The van der Waals surface area contributed by atoms with E-state index < -0.39 is 11.5 Å². The number of nitrogens with zero attached hydrogens (tertiary/aromatic N) is 2. The summed E-state index contributed by atoms with van der Waals surface area (Å²) in [5.74, 6) is -0.663. The number of phenols is 1. The minimum Gasteiger partial charge on any atom is -0.506 e. The van der Waals surface area contributed by atoms with Crippen molar-refractivity contribution in [3.05, 3.63) is 57.0 Å². The van der Waals surface area contributed by atoms with Gasteiger partial charge in [-0.25, -0.2) is 4.98 Å². The first-order valence-corrected chi connectivity index (χ1v) is 7.38. The van der Waals surface area contributed by atoms with Gasteiger partial charge in [0, 0.05) is 16.8 Å². The van der Waals surface area contributed by atoms with Gasteiger partial charge in [0.1, 0.15) is 11.3 Å². The summed E-state index contributed by atoms with van der Waals surface area (Å²) in [6, 6.07) is 6.33. The summed E-state index contributed by atoms with van der Waals surface area (Å²) in [7, 11) is 0. The van der Waals surface area contributed by atoms with Crippen LogP contribution in [0.1, 0.15) is 20.9 Å². The van der Waals surface area contributed by atoms with Crippen LogP contribution in [0.3, 0.4) is 0 Å². The molecule has 2 aromatic heterocycles. The van der Waals surface area contributed by atoms with Crippen molar-refractivity contribution >= 4 is 27.9 Å².